The molecule has 3 aromatic rings. The van der Waals surface area contributed by atoms with Crippen molar-refractivity contribution in [2.45, 2.75) is 19.0 Å². The molecule has 1 saturated heterocycles. The molecule has 1 aliphatic heterocycles. The topological polar surface area (TPSA) is 71.4 Å². The lowest BCUT2D eigenvalue weighted by atomic mass is 9.98. The molecule has 0 bridgehead atoms. The molecule has 0 aliphatic carbocycles. The fourth-order valence-corrected chi connectivity index (χ4v) is 4.15. The van der Waals surface area contributed by atoms with Gasteiger partial charge in [-0.15, -0.1) is 0 Å². The average molecular weight is 422 g/mol. The van der Waals surface area contributed by atoms with Crippen LogP contribution in [0, 0.1) is 0 Å². The van der Waals surface area contributed by atoms with E-state index in [4.69, 9.17) is 17.0 Å². The van der Waals surface area contributed by atoms with Crippen molar-refractivity contribution in [1.29, 1.82) is 0 Å². The fraction of sp³-hybridized carbons (Fsp3) is 0.227. The highest BCUT2D eigenvalue weighted by Crippen LogP contribution is 2.43. The highest BCUT2D eigenvalue weighted by molar-refractivity contribution is 7.80. The van der Waals surface area contributed by atoms with E-state index >= 15 is 0 Å². The second-order valence-corrected chi connectivity index (χ2v) is 7.56. The third kappa shape index (κ3) is 3.73. The summed E-state index contributed by atoms with van der Waals surface area (Å²) in [6.45, 7) is 1.47. The average Bonchev–Trinajstić information content (AvgIpc) is 3.31. The standard InChI is InChI=1S/C22H23N5O2S/c1-14(28)24-18-12-16(7-8-19(18)29-3)27-21(15-9-11-26(2)13-15)20(25-22(27)30)17-6-4-5-10-23-17/h4-13,20-21H,1-3H3,(H,24,28)(H,25,30). The normalized spacial score (nSPS) is 18.2. The highest BCUT2D eigenvalue weighted by atomic mass is 32.1. The molecule has 2 unspecified atom stereocenters. The van der Waals surface area contributed by atoms with Crippen molar-refractivity contribution < 1.29 is 9.53 Å². The van der Waals surface area contributed by atoms with Gasteiger partial charge in [-0.05, 0) is 54.2 Å². The minimum Gasteiger partial charge on any atom is -0.495 e. The van der Waals surface area contributed by atoms with Crippen molar-refractivity contribution in [3.8, 4) is 5.75 Å². The maximum absolute atomic E-state index is 11.7. The number of thiocarbonyl (C=S) groups is 1. The summed E-state index contributed by atoms with van der Waals surface area (Å²) in [6, 6.07) is 13.4. The molecule has 3 heterocycles. The first-order valence-electron chi connectivity index (χ1n) is 9.56. The van der Waals surface area contributed by atoms with Gasteiger partial charge in [-0.3, -0.25) is 9.78 Å². The largest absolute Gasteiger partial charge is 0.495 e. The van der Waals surface area contributed by atoms with E-state index in [1.807, 2.05) is 54.2 Å². The first-order valence-corrected chi connectivity index (χ1v) is 9.97. The van der Waals surface area contributed by atoms with Crippen LogP contribution in [-0.4, -0.2) is 27.7 Å². The number of hydrogen-bond donors (Lipinski definition) is 2. The Labute approximate surface area is 180 Å². The molecular weight excluding hydrogens is 398 g/mol. The van der Waals surface area contributed by atoms with Crippen LogP contribution in [0.2, 0.25) is 0 Å². The van der Waals surface area contributed by atoms with Crippen LogP contribution in [-0.2, 0) is 11.8 Å². The van der Waals surface area contributed by atoms with E-state index < -0.39 is 0 Å². The van der Waals surface area contributed by atoms with Gasteiger partial charge in [0.25, 0.3) is 0 Å². The number of amides is 1. The van der Waals surface area contributed by atoms with Crippen LogP contribution >= 0.6 is 12.2 Å². The van der Waals surface area contributed by atoms with Crippen molar-refractivity contribution in [3.63, 3.8) is 0 Å². The smallest absolute Gasteiger partial charge is 0.221 e. The quantitative estimate of drug-likeness (QED) is 0.614. The molecule has 0 spiro atoms. The van der Waals surface area contributed by atoms with Gasteiger partial charge in [0.15, 0.2) is 5.11 Å². The highest BCUT2D eigenvalue weighted by Gasteiger charge is 2.41. The Morgan fingerprint density at radius 2 is 2.10 bits per heavy atom. The summed E-state index contributed by atoms with van der Waals surface area (Å²) in [4.78, 5) is 18.3. The number of pyridine rings is 1. The monoisotopic (exact) mass is 421 g/mol. The molecule has 2 N–H and O–H groups in total. The zero-order valence-electron chi connectivity index (χ0n) is 17.0. The molecular formula is C22H23N5O2S. The van der Waals surface area contributed by atoms with Crippen LogP contribution in [0.3, 0.4) is 0 Å². The van der Waals surface area contributed by atoms with Gasteiger partial charge in [-0.1, -0.05) is 6.07 Å². The molecule has 4 rings (SSSR count). The van der Waals surface area contributed by atoms with Crippen molar-refractivity contribution >= 4 is 34.6 Å². The number of rotatable bonds is 5. The number of carbonyl (C=O) groups excluding carboxylic acids is 1. The third-order valence-electron chi connectivity index (χ3n) is 5.07. The first-order chi connectivity index (χ1) is 14.5. The van der Waals surface area contributed by atoms with Crippen molar-refractivity contribution in [1.82, 2.24) is 14.9 Å². The zero-order chi connectivity index (χ0) is 21.3. The van der Waals surface area contributed by atoms with Crippen molar-refractivity contribution in [3.05, 3.63) is 72.3 Å². The Balaban J connectivity index is 1.81. The summed E-state index contributed by atoms with van der Waals surface area (Å²) in [5, 5.41) is 6.86. The lowest BCUT2D eigenvalue weighted by Gasteiger charge is -2.28. The number of hydrogen-bond acceptors (Lipinski definition) is 4. The molecule has 2 atom stereocenters. The maximum atomic E-state index is 11.7. The minimum absolute atomic E-state index is 0.104. The molecule has 1 amide bonds. The summed E-state index contributed by atoms with van der Waals surface area (Å²) in [5.41, 5.74) is 3.46. The number of nitrogens with one attached hydrogen (secondary N) is 2. The molecule has 1 aromatic carbocycles. The van der Waals surface area contributed by atoms with Crippen LogP contribution in [0.15, 0.2) is 61.1 Å². The van der Waals surface area contributed by atoms with Gasteiger partial charge < -0.3 is 24.8 Å². The predicted molar refractivity (Wildman–Crippen MR) is 121 cm³/mol. The van der Waals surface area contributed by atoms with Gasteiger partial charge >= 0.3 is 0 Å². The Morgan fingerprint density at radius 3 is 2.73 bits per heavy atom. The zero-order valence-corrected chi connectivity index (χ0v) is 17.8. The number of methoxy groups -OCH3 is 1. The third-order valence-corrected chi connectivity index (χ3v) is 5.38. The number of nitrogens with zero attached hydrogens (tertiary/aromatic N) is 3. The van der Waals surface area contributed by atoms with Crippen LogP contribution in [0.1, 0.15) is 30.3 Å². The number of ether oxygens (including phenoxy) is 1. The van der Waals surface area contributed by atoms with Crippen molar-refractivity contribution in [2.24, 2.45) is 7.05 Å². The molecule has 1 aliphatic rings. The minimum atomic E-state index is -0.168. The molecule has 8 heteroatoms. The number of benzene rings is 1. The van der Waals surface area contributed by atoms with Gasteiger partial charge in [0.05, 0.1) is 30.6 Å². The molecule has 2 aromatic heterocycles. The Morgan fingerprint density at radius 1 is 1.27 bits per heavy atom. The molecule has 0 saturated carbocycles. The van der Waals surface area contributed by atoms with Gasteiger partial charge in [-0.2, -0.15) is 0 Å². The van der Waals surface area contributed by atoms with E-state index in [-0.39, 0.29) is 18.0 Å². The maximum Gasteiger partial charge on any atom is 0.221 e. The lowest BCUT2D eigenvalue weighted by molar-refractivity contribution is -0.114. The Bertz CT molecular complexity index is 1080. The first kappa shape index (κ1) is 19.9. The SMILES string of the molecule is COc1ccc(N2C(=S)NC(c3ccccn3)C2c2ccn(C)c2)cc1NC(C)=O. The van der Waals surface area contributed by atoms with E-state index in [1.54, 1.807) is 13.3 Å². The van der Waals surface area contributed by atoms with Gasteiger partial charge in [-0.25, -0.2) is 0 Å². The summed E-state index contributed by atoms with van der Waals surface area (Å²) in [6.07, 6.45) is 5.88. The predicted octanol–water partition coefficient (Wildman–Crippen LogP) is 3.56. The molecule has 154 valence electrons. The Kier molecular flexibility index (Phi) is 5.41. The number of aryl methyl sites for hydroxylation is 1. The van der Waals surface area contributed by atoms with Crippen LogP contribution in [0.4, 0.5) is 11.4 Å². The second kappa shape index (κ2) is 8.16. The van der Waals surface area contributed by atoms with E-state index in [9.17, 15) is 4.79 Å². The number of carbonyl (C=O) groups is 1. The van der Waals surface area contributed by atoms with Gasteiger partial charge in [0.1, 0.15) is 5.75 Å². The molecule has 1 fully saturated rings. The van der Waals surface area contributed by atoms with E-state index in [2.05, 4.69) is 32.8 Å². The van der Waals surface area contributed by atoms with Crippen LogP contribution < -0.4 is 20.3 Å². The summed E-state index contributed by atoms with van der Waals surface area (Å²) in [5.74, 6) is 0.420. The van der Waals surface area contributed by atoms with E-state index in [0.717, 1.165) is 16.9 Å². The molecule has 7 nitrogen and oxygen atoms in total. The second-order valence-electron chi connectivity index (χ2n) is 7.17. The lowest BCUT2D eigenvalue weighted by Crippen LogP contribution is -2.29. The van der Waals surface area contributed by atoms with Crippen LogP contribution in [0.5, 0.6) is 5.75 Å². The Hall–Kier alpha value is -3.39. The number of aromatic nitrogens is 2. The van der Waals surface area contributed by atoms with E-state index in [1.165, 1.54) is 6.92 Å². The summed E-state index contributed by atoms with van der Waals surface area (Å²) >= 11 is 5.74. The molecule has 30 heavy (non-hydrogen) atoms. The van der Waals surface area contributed by atoms with Gasteiger partial charge in [0, 0.05) is 38.2 Å². The number of anilines is 2. The molecule has 0 radical (unpaired) electrons. The van der Waals surface area contributed by atoms with Crippen molar-refractivity contribution in [2.75, 3.05) is 17.3 Å². The summed E-state index contributed by atoms with van der Waals surface area (Å²) in [7, 11) is 3.57. The summed E-state index contributed by atoms with van der Waals surface area (Å²) < 4.78 is 7.42. The van der Waals surface area contributed by atoms with Crippen LogP contribution in [0.25, 0.3) is 0 Å². The fourth-order valence-electron chi connectivity index (χ4n) is 3.80. The van der Waals surface area contributed by atoms with Gasteiger partial charge in [0.2, 0.25) is 5.91 Å². The van der Waals surface area contributed by atoms with E-state index in [0.29, 0.717) is 16.5 Å².